The maximum atomic E-state index is 13.6. The molecule has 0 aliphatic heterocycles. The fourth-order valence-electron chi connectivity index (χ4n) is 3.82. The number of sulfone groups is 1. The van der Waals surface area contributed by atoms with Crippen molar-refractivity contribution in [3.05, 3.63) is 58.9 Å². The molecule has 0 saturated heterocycles. The molecule has 0 amide bonds. The maximum Gasteiger partial charge on any atom is 0.175 e. The monoisotopic (exact) mass is 536 g/mol. The first kappa shape index (κ1) is 33.9. The molecule has 36 heavy (non-hydrogen) atoms. The number of aromatic nitrogens is 1. The van der Waals surface area contributed by atoms with Gasteiger partial charge in [0.05, 0.1) is 10.6 Å². The second kappa shape index (κ2) is 15.9. The molecule has 7 heteroatoms. The second-order valence-electron chi connectivity index (χ2n) is 8.46. The van der Waals surface area contributed by atoms with Gasteiger partial charge in [0.2, 0.25) is 0 Å². The summed E-state index contributed by atoms with van der Waals surface area (Å²) in [6, 6.07) is 4.98. The zero-order valence-electron chi connectivity index (χ0n) is 23.8. The van der Waals surface area contributed by atoms with Crippen LogP contribution in [0.1, 0.15) is 89.9 Å². The molecule has 0 bridgehead atoms. The van der Waals surface area contributed by atoms with E-state index < -0.39 is 9.84 Å². The number of allylic oxidation sites excluding steroid dienone is 1. The van der Waals surface area contributed by atoms with Gasteiger partial charge < -0.3 is 9.98 Å². The number of nitrogens with one attached hydrogen (secondary N) is 1. The van der Waals surface area contributed by atoms with Gasteiger partial charge in [0, 0.05) is 45.5 Å². The average molecular weight is 537 g/mol. The molecule has 2 aromatic rings. The summed E-state index contributed by atoms with van der Waals surface area (Å²) in [5.74, 6) is -0.333. The third-order valence-electron chi connectivity index (χ3n) is 5.20. The zero-order valence-corrected chi connectivity index (χ0v) is 25.4. The standard InChI is InChI=1S/C15H22FN.C12H17NO2S2.C2H6/c1-6-9-14-15(12(5)16)11(4)13(8-3)17(14)10-7-2;1-8(2)16-12-6-5-10(17(4,14)15)7-11(12)9(3)13;1-2/h6,9H,5,7-8,10H2,1-4H3;5-8,13H,1-4H3;1-2H3/b9-6-;;. The highest BCUT2D eigenvalue weighted by Gasteiger charge is 2.19. The van der Waals surface area contributed by atoms with E-state index in [-0.39, 0.29) is 10.7 Å². The van der Waals surface area contributed by atoms with Crippen molar-refractivity contribution in [3.63, 3.8) is 0 Å². The van der Waals surface area contributed by atoms with Gasteiger partial charge in [-0.1, -0.05) is 54.2 Å². The van der Waals surface area contributed by atoms with Crippen LogP contribution in [-0.2, 0) is 22.8 Å². The van der Waals surface area contributed by atoms with Gasteiger partial charge in [-0.25, -0.2) is 12.8 Å². The third kappa shape index (κ3) is 9.40. The van der Waals surface area contributed by atoms with Crippen LogP contribution in [0.4, 0.5) is 4.39 Å². The van der Waals surface area contributed by atoms with Crippen LogP contribution < -0.4 is 0 Å². The smallest absolute Gasteiger partial charge is 0.175 e. The number of rotatable bonds is 9. The Bertz CT molecular complexity index is 1160. The van der Waals surface area contributed by atoms with Gasteiger partial charge >= 0.3 is 0 Å². The Morgan fingerprint density at radius 3 is 2.22 bits per heavy atom. The molecule has 0 atom stereocenters. The first-order valence-corrected chi connectivity index (χ1v) is 15.3. The zero-order chi connectivity index (χ0) is 28.2. The molecule has 0 saturated carbocycles. The predicted molar refractivity (Wildman–Crippen MR) is 158 cm³/mol. The number of hydrogen-bond donors (Lipinski definition) is 1. The van der Waals surface area contributed by atoms with E-state index in [1.807, 2.05) is 39.8 Å². The van der Waals surface area contributed by atoms with E-state index in [0.717, 1.165) is 35.5 Å². The minimum atomic E-state index is -3.21. The van der Waals surface area contributed by atoms with Crippen molar-refractivity contribution in [2.45, 2.75) is 96.7 Å². The van der Waals surface area contributed by atoms with E-state index in [1.54, 1.807) is 36.9 Å². The molecule has 0 spiro atoms. The van der Waals surface area contributed by atoms with Crippen LogP contribution in [-0.4, -0.2) is 30.2 Å². The summed E-state index contributed by atoms with van der Waals surface area (Å²) >= 11 is 1.64. The van der Waals surface area contributed by atoms with Crippen LogP contribution in [0.2, 0.25) is 0 Å². The van der Waals surface area contributed by atoms with Gasteiger partial charge in [-0.05, 0) is 63.5 Å². The summed E-state index contributed by atoms with van der Waals surface area (Å²) < 4.78 is 38.8. The lowest BCUT2D eigenvalue weighted by Gasteiger charge is -2.11. The van der Waals surface area contributed by atoms with Gasteiger partial charge in [-0.2, -0.15) is 0 Å². The van der Waals surface area contributed by atoms with Crippen molar-refractivity contribution in [1.29, 1.82) is 5.41 Å². The number of hydrogen-bond acceptors (Lipinski definition) is 4. The largest absolute Gasteiger partial charge is 0.344 e. The Balaban J connectivity index is 0.000000637. The quantitative estimate of drug-likeness (QED) is 0.257. The lowest BCUT2D eigenvalue weighted by Crippen LogP contribution is -2.04. The number of thioether (sulfide) groups is 1. The average Bonchev–Trinajstić information content (AvgIpc) is 3.05. The van der Waals surface area contributed by atoms with Crippen molar-refractivity contribution in [1.82, 2.24) is 4.57 Å². The highest BCUT2D eigenvalue weighted by Crippen LogP contribution is 2.31. The Labute approximate surface area is 223 Å². The number of halogens is 1. The predicted octanol–water partition coefficient (Wildman–Crippen LogP) is 8.75. The molecule has 0 aliphatic carbocycles. The molecule has 0 radical (unpaired) electrons. The van der Waals surface area contributed by atoms with E-state index in [2.05, 4.69) is 38.8 Å². The highest BCUT2D eigenvalue weighted by atomic mass is 32.2. The molecule has 202 valence electrons. The summed E-state index contributed by atoms with van der Waals surface area (Å²) in [6.07, 6.45) is 7.07. The molecule has 4 nitrogen and oxygen atoms in total. The fourth-order valence-corrected chi connectivity index (χ4v) is 5.46. The first-order chi connectivity index (χ1) is 16.8. The van der Waals surface area contributed by atoms with Crippen molar-refractivity contribution in [2.75, 3.05) is 6.26 Å². The normalized spacial score (nSPS) is 11.1. The van der Waals surface area contributed by atoms with E-state index in [0.29, 0.717) is 22.1 Å². The number of benzene rings is 1. The lowest BCUT2D eigenvalue weighted by atomic mass is 10.1. The molecule has 1 aromatic heterocycles. The summed E-state index contributed by atoms with van der Waals surface area (Å²) in [5.41, 5.74) is 4.96. The molecule has 1 N–H and O–H groups in total. The van der Waals surface area contributed by atoms with Gasteiger partial charge in [0.1, 0.15) is 5.83 Å². The van der Waals surface area contributed by atoms with E-state index >= 15 is 0 Å². The second-order valence-corrected chi connectivity index (χ2v) is 12.1. The molecule has 1 aromatic carbocycles. The summed E-state index contributed by atoms with van der Waals surface area (Å²) in [6.45, 7) is 22.4. The molecule has 0 fully saturated rings. The van der Waals surface area contributed by atoms with Gasteiger partial charge in [-0.3, -0.25) is 0 Å². The van der Waals surface area contributed by atoms with Gasteiger partial charge in [0.15, 0.2) is 9.84 Å². The van der Waals surface area contributed by atoms with Crippen LogP contribution in [0.5, 0.6) is 0 Å². The van der Waals surface area contributed by atoms with Crippen LogP contribution in [0.15, 0.2) is 40.6 Å². The van der Waals surface area contributed by atoms with Gasteiger partial charge in [-0.15, -0.1) is 11.8 Å². The van der Waals surface area contributed by atoms with Crippen LogP contribution >= 0.6 is 11.8 Å². The minimum absolute atomic E-state index is 0.271. The summed E-state index contributed by atoms with van der Waals surface area (Å²) in [5, 5.41) is 8.11. The van der Waals surface area contributed by atoms with E-state index in [4.69, 9.17) is 5.41 Å². The third-order valence-corrected chi connectivity index (χ3v) is 7.40. The summed E-state index contributed by atoms with van der Waals surface area (Å²) in [7, 11) is -3.21. The Morgan fingerprint density at radius 2 is 1.83 bits per heavy atom. The van der Waals surface area contributed by atoms with Crippen molar-refractivity contribution >= 4 is 39.2 Å². The topological polar surface area (TPSA) is 62.9 Å². The van der Waals surface area contributed by atoms with Crippen molar-refractivity contribution in [3.8, 4) is 0 Å². The molecular formula is C29H45FN2O2S2. The minimum Gasteiger partial charge on any atom is -0.344 e. The van der Waals surface area contributed by atoms with Crippen LogP contribution in [0, 0.1) is 12.3 Å². The van der Waals surface area contributed by atoms with Crippen molar-refractivity contribution < 1.29 is 12.8 Å². The SMILES string of the molecule is C=C(F)c1c(C)c(CC)n(CCC)c1/C=C\C.CC.CC(=N)c1cc(S(C)(=O)=O)ccc1SC(C)C. The lowest BCUT2D eigenvalue weighted by molar-refractivity contribution is 0.602. The summed E-state index contributed by atoms with van der Waals surface area (Å²) in [4.78, 5) is 1.23. The highest BCUT2D eigenvalue weighted by molar-refractivity contribution is 8.00. The Morgan fingerprint density at radius 1 is 1.25 bits per heavy atom. The number of nitrogens with zero attached hydrogens (tertiary/aromatic N) is 1. The van der Waals surface area contributed by atoms with Crippen LogP contribution in [0.25, 0.3) is 11.9 Å². The first-order valence-electron chi connectivity index (χ1n) is 12.6. The maximum absolute atomic E-state index is 13.6. The fraction of sp³-hybridized carbons (Fsp3) is 0.483. The Hall–Kier alpha value is -2.12. The van der Waals surface area contributed by atoms with Crippen LogP contribution in [0.3, 0.4) is 0 Å². The molecule has 1 heterocycles. The van der Waals surface area contributed by atoms with Crippen molar-refractivity contribution in [2.24, 2.45) is 0 Å². The molecule has 0 unspecified atom stereocenters. The van der Waals surface area contributed by atoms with E-state index in [1.165, 1.54) is 11.9 Å². The van der Waals surface area contributed by atoms with E-state index in [9.17, 15) is 12.8 Å². The Kier molecular flexibility index (Phi) is 14.9. The molecule has 0 aliphatic rings. The molecule has 2 rings (SSSR count). The van der Waals surface area contributed by atoms with Gasteiger partial charge in [0.25, 0.3) is 0 Å². The molecular weight excluding hydrogens is 491 g/mol.